The predicted molar refractivity (Wildman–Crippen MR) is 86.0 cm³/mol. The van der Waals surface area contributed by atoms with Crippen molar-refractivity contribution in [3.8, 4) is 0 Å². The van der Waals surface area contributed by atoms with Crippen molar-refractivity contribution in [3.05, 3.63) is 68.7 Å². The molecule has 0 amide bonds. The second-order valence-electron chi connectivity index (χ2n) is 4.53. The van der Waals surface area contributed by atoms with Crippen molar-refractivity contribution in [1.82, 2.24) is 0 Å². The van der Waals surface area contributed by atoms with E-state index in [4.69, 9.17) is 11.6 Å². The third-order valence-corrected chi connectivity index (χ3v) is 4.51. The van der Waals surface area contributed by atoms with Crippen molar-refractivity contribution >= 4 is 43.5 Å². The van der Waals surface area contributed by atoms with Crippen LogP contribution in [0.15, 0.2) is 46.9 Å². The molecule has 1 atom stereocenters. The van der Waals surface area contributed by atoms with Crippen LogP contribution in [0.5, 0.6) is 0 Å². The Balaban J connectivity index is 2.33. The van der Waals surface area contributed by atoms with Crippen molar-refractivity contribution in [2.75, 3.05) is 0 Å². The van der Waals surface area contributed by atoms with Gasteiger partial charge >= 0.3 is 6.18 Å². The number of rotatable bonds is 3. The van der Waals surface area contributed by atoms with Crippen LogP contribution < -0.4 is 0 Å². The fourth-order valence-corrected chi connectivity index (χ4v) is 3.38. The van der Waals surface area contributed by atoms with Crippen LogP contribution in [0.25, 0.3) is 0 Å². The minimum atomic E-state index is -4.39. The minimum Gasteiger partial charge on any atom is -0.166 e. The van der Waals surface area contributed by atoms with E-state index in [0.717, 1.165) is 11.6 Å². The van der Waals surface area contributed by atoms with E-state index in [0.29, 0.717) is 15.9 Å². The second kappa shape index (κ2) is 6.71. The summed E-state index contributed by atoms with van der Waals surface area (Å²) in [5.41, 5.74) is 0.451. The maximum atomic E-state index is 13.1. The highest BCUT2D eigenvalue weighted by molar-refractivity contribution is 9.10. The van der Waals surface area contributed by atoms with E-state index in [9.17, 15) is 13.2 Å². The Kier molecular flexibility index (Phi) is 5.38. The smallest absolute Gasteiger partial charge is 0.166 e. The van der Waals surface area contributed by atoms with E-state index in [1.54, 1.807) is 24.3 Å². The lowest BCUT2D eigenvalue weighted by atomic mass is 9.99. The summed E-state index contributed by atoms with van der Waals surface area (Å²) in [6.07, 6.45) is -3.97. The largest absolute Gasteiger partial charge is 0.416 e. The van der Waals surface area contributed by atoms with Gasteiger partial charge < -0.3 is 0 Å². The third kappa shape index (κ3) is 4.47. The van der Waals surface area contributed by atoms with Crippen LogP contribution in [0.3, 0.4) is 0 Å². The molecule has 112 valence electrons. The zero-order valence-corrected chi connectivity index (χ0v) is 14.5. The molecule has 0 spiro atoms. The maximum Gasteiger partial charge on any atom is 0.416 e. The first-order chi connectivity index (χ1) is 9.77. The number of halogens is 6. The Bertz CT molecular complexity index is 641. The molecule has 0 heterocycles. The Morgan fingerprint density at radius 3 is 2.43 bits per heavy atom. The van der Waals surface area contributed by atoms with Crippen molar-refractivity contribution in [2.45, 2.75) is 17.4 Å². The number of alkyl halides is 4. The average Bonchev–Trinajstić information content (AvgIpc) is 2.37. The fourth-order valence-electron chi connectivity index (χ4n) is 2.03. The van der Waals surface area contributed by atoms with Gasteiger partial charge in [-0.2, -0.15) is 13.2 Å². The monoisotopic (exact) mass is 440 g/mol. The number of hydrogen-bond acceptors (Lipinski definition) is 0. The van der Waals surface area contributed by atoms with Gasteiger partial charge in [-0.15, -0.1) is 0 Å². The Labute approximate surface area is 142 Å². The molecule has 0 N–H and O–H groups in total. The van der Waals surface area contributed by atoms with E-state index in [-0.39, 0.29) is 5.56 Å². The van der Waals surface area contributed by atoms with E-state index >= 15 is 0 Å². The minimum absolute atomic E-state index is 0.214. The second-order valence-corrected chi connectivity index (χ2v) is 6.99. The topological polar surface area (TPSA) is 0 Å². The highest BCUT2D eigenvalue weighted by Crippen LogP contribution is 2.40. The van der Waals surface area contributed by atoms with Crippen LogP contribution >= 0.6 is 43.5 Å². The third-order valence-electron chi connectivity index (χ3n) is 2.96. The van der Waals surface area contributed by atoms with Crippen LogP contribution in [-0.4, -0.2) is 0 Å². The van der Waals surface area contributed by atoms with Gasteiger partial charge in [-0.25, -0.2) is 0 Å². The maximum absolute atomic E-state index is 13.1. The standard InChI is InChI=1S/C15H10Br2ClF3/c16-10-4-5-12(13(8-10)15(19,20)21)14(17)7-9-2-1-3-11(18)6-9/h1-6,8,14H,7H2. The summed E-state index contributed by atoms with van der Waals surface area (Å²) in [6, 6.07) is 11.3. The van der Waals surface area contributed by atoms with Crippen molar-refractivity contribution < 1.29 is 13.2 Å². The molecule has 21 heavy (non-hydrogen) atoms. The normalized spacial score (nSPS) is 13.2. The van der Waals surface area contributed by atoms with Gasteiger partial charge in [0.05, 0.1) is 5.56 Å². The van der Waals surface area contributed by atoms with Gasteiger partial charge in [0.25, 0.3) is 0 Å². The Morgan fingerprint density at radius 2 is 1.81 bits per heavy atom. The van der Waals surface area contributed by atoms with Gasteiger partial charge in [-0.05, 0) is 41.8 Å². The quantitative estimate of drug-likeness (QED) is 0.459. The molecule has 0 aliphatic carbocycles. The molecule has 0 aromatic heterocycles. The molecule has 2 aromatic carbocycles. The van der Waals surface area contributed by atoms with Crippen LogP contribution in [0.4, 0.5) is 13.2 Å². The molecular formula is C15H10Br2ClF3. The summed E-state index contributed by atoms with van der Waals surface area (Å²) >= 11 is 12.3. The first-order valence-corrected chi connectivity index (χ1v) is 8.11. The summed E-state index contributed by atoms with van der Waals surface area (Å²) in [5, 5.41) is 0.569. The van der Waals surface area contributed by atoms with Crippen molar-refractivity contribution in [1.29, 1.82) is 0 Å². The fraction of sp³-hybridized carbons (Fsp3) is 0.200. The van der Waals surface area contributed by atoms with E-state index in [1.165, 1.54) is 6.07 Å². The van der Waals surface area contributed by atoms with Gasteiger partial charge in [-0.1, -0.05) is 61.7 Å². The molecule has 2 rings (SSSR count). The molecular weight excluding hydrogens is 432 g/mol. The summed E-state index contributed by atoms with van der Waals surface area (Å²) in [6.45, 7) is 0. The SMILES string of the molecule is FC(F)(F)c1cc(Br)ccc1C(Br)Cc1cccc(Cl)c1. The zero-order valence-electron chi connectivity index (χ0n) is 10.6. The molecule has 2 aromatic rings. The first kappa shape index (κ1) is 16.8. The predicted octanol–water partition coefficient (Wildman–Crippen LogP) is 6.80. The lowest BCUT2D eigenvalue weighted by Crippen LogP contribution is -2.11. The van der Waals surface area contributed by atoms with Gasteiger partial charge in [0.15, 0.2) is 0 Å². The molecule has 1 unspecified atom stereocenters. The zero-order chi connectivity index (χ0) is 15.6. The molecule has 0 nitrogen and oxygen atoms in total. The van der Waals surface area contributed by atoms with Gasteiger partial charge in [0.1, 0.15) is 0 Å². The van der Waals surface area contributed by atoms with Gasteiger partial charge in [0, 0.05) is 14.3 Å². The highest BCUT2D eigenvalue weighted by Gasteiger charge is 2.35. The lowest BCUT2D eigenvalue weighted by molar-refractivity contribution is -0.138. The van der Waals surface area contributed by atoms with E-state index < -0.39 is 16.6 Å². The van der Waals surface area contributed by atoms with E-state index in [2.05, 4.69) is 31.9 Å². The molecule has 6 heteroatoms. The summed E-state index contributed by atoms with van der Waals surface area (Å²) in [5.74, 6) is 0. The van der Waals surface area contributed by atoms with Crippen LogP contribution in [0.2, 0.25) is 5.02 Å². The molecule has 0 aliphatic rings. The van der Waals surface area contributed by atoms with Crippen LogP contribution in [-0.2, 0) is 12.6 Å². The molecule has 0 aliphatic heterocycles. The number of hydrogen-bond donors (Lipinski definition) is 0. The summed E-state index contributed by atoms with van der Waals surface area (Å²) in [4.78, 5) is -0.444. The molecule has 0 fully saturated rings. The average molecular weight is 443 g/mol. The van der Waals surface area contributed by atoms with Crippen molar-refractivity contribution in [3.63, 3.8) is 0 Å². The van der Waals surface area contributed by atoms with Crippen LogP contribution in [0.1, 0.15) is 21.5 Å². The highest BCUT2D eigenvalue weighted by atomic mass is 79.9. The van der Waals surface area contributed by atoms with Gasteiger partial charge in [-0.3, -0.25) is 0 Å². The summed E-state index contributed by atoms with van der Waals surface area (Å²) in [7, 11) is 0. The molecule has 0 bridgehead atoms. The van der Waals surface area contributed by atoms with Crippen molar-refractivity contribution in [2.24, 2.45) is 0 Å². The molecule has 0 saturated carbocycles. The van der Waals surface area contributed by atoms with Gasteiger partial charge in [0.2, 0.25) is 0 Å². The lowest BCUT2D eigenvalue weighted by Gasteiger charge is -2.18. The molecule has 0 radical (unpaired) electrons. The summed E-state index contributed by atoms with van der Waals surface area (Å²) < 4.78 is 39.8. The first-order valence-electron chi connectivity index (χ1n) is 6.02. The number of benzene rings is 2. The Hall–Kier alpha value is -0.520. The Morgan fingerprint density at radius 1 is 1.10 bits per heavy atom. The molecule has 0 saturated heterocycles. The van der Waals surface area contributed by atoms with E-state index in [1.807, 2.05) is 6.07 Å². The van der Waals surface area contributed by atoms with Crippen LogP contribution in [0, 0.1) is 0 Å².